The lowest BCUT2D eigenvalue weighted by Crippen LogP contribution is -2.41. The number of methoxy groups -OCH3 is 1. The molecule has 0 saturated carbocycles. The number of benzene rings is 1. The first-order valence-corrected chi connectivity index (χ1v) is 5.49. The van der Waals surface area contributed by atoms with Gasteiger partial charge in [-0.25, -0.2) is 0 Å². The molecule has 1 aliphatic rings. The largest absolute Gasteiger partial charge is 0.462 e. The van der Waals surface area contributed by atoms with E-state index in [1.165, 1.54) is 0 Å². The predicted octanol–water partition coefficient (Wildman–Crippen LogP) is 2.19. The average Bonchev–Trinajstić information content (AvgIpc) is 2.28. The zero-order valence-electron chi connectivity index (χ0n) is 9.88. The van der Waals surface area contributed by atoms with Crippen molar-refractivity contribution in [2.75, 3.05) is 13.7 Å². The summed E-state index contributed by atoms with van der Waals surface area (Å²) < 4.78 is 11.0. The maximum absolute atomic E-state index is 10.7. The van der Waals surface area contributed by atoms with E-state index in [0.717, 1.165) is 5.56 Å². The Morgan fingerprint density at radius 3 is 2.94 bits per heavy atom. The Balaban J connectivity index is 2.35. The Hall–Kier alpha value is -1.62. The molecule has 1 aromatic rings. The van der Waals surface area contributed by atoms with E-state index in [4.69, 9.17) is 9.47 Å². The van der Waals surface area contributed by atoms with Gasteiger partial charge in [0.2, 0.25) is 12.3 Å². The molecule has 0 amide bonds. The number of hydrogen-bond acceptors (Lipinski definition) is 4. The third-order valence-corrected chi connectivity index (χ3v) is 3.10. The van der Waals surface area contributed by atoms with Gasteiger partial charge in [0.1, 0.15) is 5.75 Å². The molecule has 5 nitrogen and oxygen atoms in total. The van der Waals surface area contributed by atoms with E-state index in [-0.39, 0.29) is 17.4 Å². The number of para-hydroxylation sites is 1. The van der Waals surface area contributed by atoms with Gasteiger partial charge in [0.05, 0.1) is 5.92 Å². The molecule has 0 saturated heterocycles. The van der Waals surface area contributed by atoms with Crippen LogP contribution in [0, 0.1) is 10.1 Å². The zero-order chi connectivity index (χ0) is 12.5. The fraction of sp³-hybridized carbons (Fsp3) is 0.500. The second kappa shape index (κ2) is 4.33. The molecule has 0 unspecified atom stereocenters. The van der Waals surface area contributed by atoms with Gasteiger partial charge in [-0.3, -0.25) is 10.1 Å². The monoisotopic (exact) mass is 237 g/mol. The van der Waals surface area contributed by atoms with E-state index in [2.05, 4.69) is 0 Å². The highest BCUT2D eigenvalue weighted by Crippen LogP contribution is 2.40. The van der Waals surface area contributed by atoms with Crippen molar-refractivity contribution >= 4 is 0 Å². The minimum atomic E-state index is -0.783. The molecule has 0 aliphatic carbocycles. The van der Waals surface area contributed by atoms with Gasteiger partial charge in [-0.2, -0.15) is 0 Å². The maximum atomic E-state index is 10.7. The van der Waals surface area contributed by atoms with Gasteiger partial charge in [0.25, 0.3) is 0 Å². The Morgan fingerprint density at radius 2 is 2.29 bits per heavy atom. The lowest BCUT2D eigenvalue weighted by atomic mass is 9.88. The normalized spacial score (nSPS) is 27.1. The lowest BCUT2D eigenvalue weighted by molar-refractivity contribution is -0.485. The van der Waals surface area contributed by atoms with E-state index < -0.39 is 5.79 Å². The number of nitro groups is 1. The van der Waals surface area contributed by atoms with Crippen molar-refractivity contribution < 1.29 is 14.4 Å². The second-order valence-corrected chi connectivity index (χ2v) is 4.39. The number of ether oxygens (including phenoxy) is 2. The summed E-state index contributed by atoms with van der Waals surface area (Å²) in [7, 11) is 1.55. The van der Waals surface area contributed by atoms with Crippen LogP contribution < -0.4 is 4.74 Å². The Labute approximate surface area is 99.5 Å². The lowest BCUT2D eigenvalue weighted by Gasteiger charge is -2.37. The minimum Gasteiger partial charge on any atom is -0.462 e. The Morgan fingerprint density at radius 1 is 1.59 bits per heavy atom. The van der Waals surface area contributed by atoms with Gasteiger partial charge >= 0.3 is 0 Å². The molecule has 1 aromatic carbocycles. The number of rotatable bonds is 3. The van der Waals surface area contributed by atoms with Crippen LogP contribution in [0.3, 0.4) is 0 Å². The molecule has 17 heavy (non-hydrogen) atoms. The summed E-state index contributed by atoms with van der Waals surface area (Å²) in [6.45, 7) is 1.70. The van der Waals surface area contributed by atoms with Crippen molar-refractivity contribution in [3.63, 3.8) is 0 Å². The smallest absolute Gasteiger partial charge is 0.211 e. The van der Waals surface area contributed by atoms with Crippen LogP contribution in [0.2, 0.25) is 0 Å². The van der Waals surface area contributed by atoms with E-state index in [1.807, 2.05) is 24.3 Å². The van der Waals surface area contributed by atoms with Crippen molar-refractivity contribution in [3.05, 3.63) is 39.9 Å². The summed E-state index contributed by atoms with van der Waals surface area (Å²) in [5, 5.41) is 10.7. The molecule has 92 valence electrons. The van der Waals surface area contributed by atoms with E-state index in [9.17, 15) is 10.1 Å². The number of nitrogens with zero attached hydrogens (tertiary/aromatic N) is 1. The highest BCUT2D eigenvalue weighted by molar-refractivity contribution is 5.38. The fourth-order valence-corrected chi connectivity index (χ4v) is 2.21. The van der Waals surface area contributed by atoms with Gasteiger partial charge in [0.15, 0.2) is 0 Å². The Bertz CT molecular complexity index is 434. The summed E-state index contributed by atoms with van der Waals surface area (Å²) in [5.74, 6) is -0.274. The molecule has 5 heteroatoms. The van der Waals surface area contributed by atoms with Crippen molar-refractivity contribution in [1.82, 2.24) is 0 Å². The van der Waals surface area contributed by atoms with Crippen molar-refractivity contribution in [2.24, 2.45) is 0 Å². The molecule has 0 radical (unpaired) electrons. The quantitative estimate of drug-likeness (QED) is 0.597. The van der Waals surface area contributed by atoms with Gasteiger partial charge in [-0.15, -0.1) is 0 Å². The number of fused-ring (bicyclic) bond motifs is 1. The first-order chi connectivity index (χ1) is 8.04. The average molecular weight is 237 g/mol. The molecule has 0 fully saturated rings. The summed E-state index contributed by atoms with van der Waals surface area (Å²) in [4.78, 5) is 10.4. The fourth-order valence-electron chi connectivity index (χ4n) is 2.21. The molecular formula is C12H15NO4. The summed E-state index contributed by atoms with van der Waals surface area (Å²) in [6, 6.07) is 7.41. The van der Waals surface area contributed by atoms with Gasteiger partial charge in [-0.05, 0) is 6.07 Å². The standard InChI is InChI=1S/C12H15NO4/c1-12(16-2)7-9(8-13(14)15)10-5-3-4-6-11(10)17-12/h3-6,9H,7-8H2,1-2H3/t9-,12-/m1/s1. The SMILES string of the molecule is CO[C@@]1(C)C[C@H](C[N+](=O)[O-])c2ccccc2O1. The molecule has 1 heterocycles. The molecular weight excluding hydrogens is 222 g/mol. The van der Waals surface area contributed by atoms with Crippen molar-refractivity contribution in [3.8, 4) is 5.75 Å². The molecule has 1 aliphatic heterocycles. The van der Waals surface area contributed by atoms with Crippen LogP contribution in [0.25, 0.3) is 0 Å². The topological polar surface area (TPSA) is 61.6 Å². The van der Waals surface area contributed by atoms with E-state index in [0.29, 0.717) is 12.2 Å². The molecule has 2 atom stereocenters. The van der Waals surface area contributed by atoms with Crippen LogP contribution in [0.5, 0.6) is 5.75 Å². The second-order valence-electron chi connectivity index (χ2n) is 4.39. The molecule has 0 N–H and O–H groups in total. The van der Waals surface area contributed by atoms with Crippen LogP contribution in [-0.4, -0.2) is 24.4 Å². The van der Waals surface area contributed by atoms with Crippen LogP contribution >= 0.6 is 0 Å². The Kier molecular flexibility index (Phi) is 3.02. The van der Waals surface area contributed by atoms with Gasteiger partial charge in [-0.1, -0.05) is 18.2 Å². The van der Waals surface area contributed by atoms with Gasteiger partial charge in [0, 0.05) is 30.9 Å². The maximum Gasteiger partial charge on any atom is 0.211 e. The molecule has 0 aromatic heterocycles. The van der Waals surface area contributed by atoms with Crippen molar-refractivity contribution in [1.29, 1.82) is 0 Å². The third kappa shape index (κ3) is 2.39. The zero-order valence-corrected chi connectivity index (χ0v) is 9.88. The molecule has 2 rings (SSSR count). The first kappa shape index (κ1) is 11.9. The summed E-state index contributed by atoms with van der Waals surface area (Å²) in [6.07, 6.45) is 0.488. The summed E-state index contributed by atoms with van der Waals surface area (Å²) >= 11 is 0. The molecule has 0 spiro atoms. The predicted molar refractivity (Wildman–Crippen MR) is 61.7 cm³/mol. The summed E-state index contributed by atoms with van der Waals surface area (Å²) in [5.41, 5.74) is 0.888. The van der Waals surface area contributed by atoms with Crippen LogP contribution in [-0.2, 0) is 4.74 Å². The van der Waals surface area contributed by atoms with Crippen LogP contribution in [0.15, 0.2) is 24.3 Å². The number of hydrogen-bond donors (Lipinski definition) is 0. The van der Waals surface area contributed by atoms with E-state index in [1.54, 1.807) is 14.0 Å². The first-order valence-electron chi connectivity index (χ1n) is 5.49. The third-order valence-electron chi connectivity index (χ3n) is 3.10. The van der Waals surface area contributed by atoms with Gasteiger partial charge < -0.3 is 9.47 Å². The highest BCUT2D eigenvalue weighted by atomic mass is 16.7. The van der Waals surface area contributed by atoms with Crippen LogP contribution in [0.4, 0.5) is 0 Å². The van der Waals surface area contributed by atoms with Crippen molar-refractivity contribution in [2.45, 2.75) is 25.0 Å². The van der Waals surface area contributed by atoms with Crippen LogP contribution in [0.1, 0.15) is 24.8 Å². The minimum absolute atomic E-state index is 0.0979. The highest BCUT2D eigenvalue weighted by Gasteiger charge is 2.39. The molecule has 0 bridgehead atoms. The van der Waals surface area contributed by atoms with E-state index >= 15 is 0 Å².